The van der Waals surface area contributed by atoms with E-state index in [2.05, 4.69) is 139 Å². The first-order chi connectivity index (χ1) is 31.4. The van der Waals surface area contributed by atoms with E-state index in [1.165, 1.54) is 50.4 Å². The number of allylic oxidation sites excluding steroid dienone is 14. The number of hydrogen-bond donors (Lipinski definition) is 0. The van der Waals surface area contributed by atoms with E-state index in [9.17, 15) is 0 Å². The van der Waals surface area contributed by atoms with Gasteiger partial charge < -0.3 is 9.80 Å². The van der Waals surface area contributed by atoms with Gasteiger partial charge >= 0.3 is 129 Å². The Balaban J connectivity index is 0.000000504. The predicted octanol–water partition coefficient (Wildman–Crippen LogP) is 18.1. The van der Waals surface area contributed by atoms with Crippen molar-refractivity contribution in [2.75, 3.05) is 13.1 Å². The van der Waals surface area contributed by atoms with Gasteiger partial charge in [0.1, 0.15) is 18.3 Å². The van der Waals surface area contributed by atoms with Gasteiger partial charge in [-0.3, -0.25) is 0 Å². The van der Waals surface area contributed by atoms with Crippen molar-refractivity contribution in [3.8, 4) is 0 Å². The molecule has 0 spiro atoms. The molecule has 0 aromatic heterocycles. The van der Waals surface area contributed by atoms with Gasteiger partial charge in [-0.15, -0.1) is 0 Å². The Morgan fingerprint density at radius 2 is 0.970 bits per heavy atom. The number of nitrogens with zero attached hydrogens (tertiary/aromatic N) is 2. The van der Waals surface area contributed by atoms with Crippen molar-refractivity contribution in [2.45, 2.75) is 182 Å². The molecule has 1 aromatic rings. The van der Waals surface area contributed by atoms with Crippen molar-refractivity contribution >= 4 is 37.7 Å². The number of hydrogen-bond acceptors (Lipinski definition) is 5. The topological polar surface area (TPSA) is 34.2 Å². The molecule has 0 saturated carbocycles. The van der Waals surface area contributed by atoms with Gasteiger partial charge in [0.25, 0.3) is 0 Å². The minimum atomic E-state index is -1.85. The molecule has 4 aliphatic carbocycles. The third kappa shape index (κ3) is 19.3. The Bertz CT molecular complexity index is 1730. The van der Waals surface area contributed by atoms with Gasteiger partial charge in [0.2, 0.25) is 0 Å². The average Bonchev–Trinajstić information content (AvgIpc) is 3.94. The zero-order valence-electron chi connectivity index (χ0n) is 45.2. The van der Waals surface area contributed by atoms with Gasteiger partial charge in [0, 0.05) is 24.9 Å². The van der Waals surface area contributed by atoms with E-state index in [1.807, 2.05) is 89.2 Å². The van der Waals surface area contributed by atoms with Crippen LogP contribution in [0.1, 0.15) is 170 Å². The van der Waals surface area contributed by atoms with Crippen molar-refractivity contribution in [1.82, 2.24) is 9.80 Å². The molecule has 1 heterocycles. The molecule has 0 radical (unpaired) electrons. The van der Waals surface area contributed by atoms with E-state index in [0.29, 0.717) is 35.5 Å². The van der Waals surface area contributed by atoms with Gasteiger partial charge in [-0.05, 0) is 101 Å². The van der Waals surface area contributed by atoms with E-state index in [-0.39, 0.29) is 18.3 Å². The fourth-order valence-corrected chi connectivity index (χ4v) is 12.2. The maximum absolute atomic E-state index is 6.22. The number of fused-ring (bicyclic) bond motifs is 1. The molecular formula is C57H95Cl2N2O3PRu. The predicted molar refractivity (Wildman–Crippen MR) is 293 cm³/mol. The van der Waals surface area contributed by atoms with Gasteiger partial charge in [-0.25, -0.2) is 0 Å². The monoisotopic (exact) mass is 1060 g/mol. The van der Waals surface area contributed by atoms with Crippen LogP contribution in [0, 0.1) is 42.2 Å². The molecule has 378 valence electrons. The molecule has 2 atom stereocenters. The first-order valence-corrected chi connectivity index (χ1v) is 32.1. The fourth-order valence-electron chi connectivity index (χ4n) is 8.34. The maximum atomic E-state index is 6.22. The normalized spacial score (nSPS) is 19.2. The van der Waals surface area contributed by atoms with Crippen molar-refractivity contribution in [3.05, 3.63) is 119 Å². The van der Waals surface area contributed by atoms with Crippen LogP contribution >= 0.6 is 28.0 Å². The Morgan fingerprint density at radius 1 is 0.576 bits per heavy atom. The molecule has 6 rings (SSSR count). The molecule has 1 aromatic carbocycles. The summed E-state index contributed by atoms with van der Waals surface area (Å²) in [7, 11) is 10.9. The van der Waals surface area contributed by atoms with Crippen LogP contribution in [0.15, 0.2) is 107 Å². The Morgan fingerprint density at radius 3 is 1.32 bits per heavy atom. The molecule has 5 aliphatic rings. The van der Waals surface area contributed by atoms with Crippen LogP contribution in [0.4, 0.5) is 0 Å². The fraction of sp³-hybridized carbons (Fsp3) is 0.614. The molecule has 66 heavy (non-hydrogen) atoms. The summed E-state index contributed by atoms with van der Waals surface area (Å²) in [5.74, 6) is 3.71. The number of halogens is 2. The molecule has 1 fully saturated rings. The van der Waals surface area contributed by atoms with Crippen molar-refractivity contribution in [3.63, 3.8) is 0 Å². The van der Waals surface area contributed by atoms with Crippen molar-refractivity contribution in [2.24, 2.45) is 35.5 Å². The van der Waals surface area contributed by atoms with E-state index < -0.39 is 22.1 Å². The summed E-state index contributed by atoms with van der Waals surface area (Å²) in [6.45, 7) is 47.5. The molecular weight excluding hydrogens is 964 g/mol. The second-order valence-corrected chi connectivity index (χ2v) is 25.5. The minimum absolute atomic E-state index is 0.159. The van der Waals surface area contributed by atoms with Crippen LogP contribution in [0.25, 0.3) is 5.57 Å². The van der Waals surface area contributed by atoms with E-state index >= 15 is 0 Å². The SMILES string of the molecule is CC.CC.CC.CC(C)C1=C(N2[CH-]N(C3=C(C(C)C)C=CC[C@@H]3C(C)C)CC2)[C@H](C(C)C)CC=C1.CC(C)O[PH+](OC(C)C)OC(C)C.[Cl][Ru]([Cl])=[C]1C=C(c2ccccc2)C2=CCCC=C21. The molecule has 5 nitrogen and oxygen atoms in total. The van der Waals surface area contributed by atoms with Gasteiger partial charge in [0.15, 0.2) is 0 Å². The number of benzene rings is 1. The summed E-state index contributed by atoms with van der Waals surface area (Å²) in [4.78, 5) is 5.20. The van der Waals surface area contributed by atoms with Gasteiger partial charge in [-0.2, -0.15) is 20.2 Å². The van der Waals surface area contributed by atoms with Gasteiger partial charge in [0.05, 0.1) is 0 Å². The van der Waals surface area contributed by atoms with E-state index in [0.717, 1.165) is 25.9 Å². The summed E-state index contributed by atoms with van der Waals surface area (Å²) in [6, 6.07) is 10.5. The zero-order valence-corrected chi connectivity index (χ0v) is 49.4. The van der Waals surface area contributed by atoms with E-state index in [1.54, 1.807) is 11.4 Å². The number of rotatable bonds is 13. The van der Waals surface area contributed by atoms with Crippen molar-refractivity contribution < 1.29 is 27.1 Å². The molecule has 0 unspecified atom stereocenters. The van der Waals surface area contributed by atoms with E-state index in [4.69, 9.17) is 33.0 Å². The van der Waals surface area contributed by atoms with Crippen LogP contribution < -0.4 is 0 Å². The standard InChI is InChI=1S/C27H43N2.C15H12.C9H22O3P.3C2H6.2ClH.Ru/c1-18(2)22-11-9-12-23(19(3)4)26(22)28-15-16-29(17-28)27-24(20(5)6)13-10-14-25(27)21(7)8;1-2-6-12(7-3-1)15-11-10-13-8-4-5-9-14(13)15;1-7(2)10-13(11-8(3)4)12-9(5)6;3*1-2;;;/h9-11,13,17-21,23,25H,12,14-16H2,1-8H3;1-3,6-9,11H,4-5H2;7-9,13H,1-6H3;3*1-2H3;2*1H;/q-1;;+1;;;;;;+2/p-2/t23-,25+;;;;;;;;. The van der Waals surface area contributed by atoms with Crippen LogP contribution in [0.5, 0.6) is 0 Å². The molecule has 0 bridgehead atoms. The van der Waals surface area contributed by atoms with Crippen molar-refractivity contribution in [1.29, 1.82) is 0 Å². The second-order valence-electron chi connectivity index (χ2n) is 18.5. The summed E-state index contributed by atoms with van der Waals surface area (Å²) in [5, 5.41) is 0. The Kier molecular flexibility index (Phi) is 31.3. The summed E-state index contributed by atoms with van der Waals surface area (Å²) >= 11 is -1.85. The molecule has 0 N–H and O–H groups in total. The second kappa shape index (κ2) is 33.1. The third-order valence-electron chi connectivity index (χ3n) is 11.2. The summed E-state index contributed by atoms with van der Waals surface area (Å²) in [5.41, 5.74) is 11.4. The summed E-state index contributed by atoms with van der Waals surface area (Å²) < 4.78 is 17.8. The zero-order chi connectivity index (χ0) is 50.3. The first-order valence-electron chi connectivity index (χ1n) is 25.5. The molecule has 1 saturated heterocycles. The molecule has 9 heteroatoms. The molecule has 1 aliphatic heterocycles. The van der Waals surface area contributed by atoms with Crippen LogP contribution in [-0.2, 0) is 27.1 Å². The van der Waals surface area contributed by atoms with Crippen LogP contribution in [0.2, 0.25) is 0 Å². The first kappa shape index (κ1) is 62.4. The Hall–Kier alpha value is -1.62. The molecule has 0 amide bonds. The third-order valence-corrected chi connectivity index (χ3v) is 16.3. The quantitative estimate of drug-likeness (QED) is 0.112. The van der Waals surface area contributed by atoms with Gasteiger partial charge in [-0.1, -0.05) is 121 Å². The van der Waals surface area contributed by atoms with Crippen LogP contribution in [-0.4, -0.2) is 45.3 Å². The van der Waals surface area contributed by atoms with Crippen LogP contribution in [0.3, 0.4) is 0 Å². The Labute approximate surface area is 421 Å². The average molecular weight is 1060 g/mol. The summed E-state index contributed by atoms with van der Waals surface area (Å²) in [6.07, 6.45) is 21.4.